The zero-order chi connectivity index (χ0) is 20.3. The van der Waals surface area contributed by atoms with Crippen LogP contribution >= 0.6 is 11.3 Å². The van der Waals surface area contributed by atoms with Crippen LogP contribution < -0.4 is 5.32 Å². The van der Waals surface area contributed by atoms with Crippen LogP contribution in [0.1, 0.15) is 41.3 Å². The van der Waals surface area contributed by atoms with Crippen LogP contribution in [0.3, 0.4) is 0 Å². The molecule has 1 aliphatic heterocycles. The van der Waals surface area contributed by atoms with E-state index in [-0.39, 0.29) is 11.9 Å². The van der Waals surface area contributed by atoms with Gasteiger partial charge in [-0.2, -0.15) is 0 Å². The number of aromatic nitrogens is 2. The Morgan fingerprint density at radius 3 is 2.70 bits per heavy atom. The van der Waals surface area contributed by atoms with Crippen molar-refractivity contribution in [2.45, 2.75) is 38.1 Å². The lowest BCUT2D eigenvalue weighted by atomic mass is 10.0. The Bertz CT molecular complexity index is 1000. The number of nitrogens with zero attached hydrogens (tertiary/aromatic N) is 3. The second-order valence-electron chi connectivity index (χ2n) is 8.06. The Balaban J connectivity index is 1.44. The van der Waals surface area contributed by atoms with Gasteiger partial charge in [0, 0.05) is 24.5 Å². The zero-order valence-electron chi connectivity index (χ0n) is 17.1. The number of aryl methyl sites for hydroxylation is 2. The molecule has 0 saturated carbocycles. The van der Waals surface area contributed by atoms with Crippen LogP contribution in [0, 0.1) is 5.82 Å². The maximum absolute atomic E-state index is 13.5. The van der Waals surface area contributed by atoms with Crippen molar-refractivity contribution in [1.29, 1.82) is 0 Å². The highest BCUT2D eigenvalue weighted by Gasteiger charge is 2.24. The molecule has 3 heterocycles. The van der Waals surface area contributed by atoms with Gasteiger partial charge in [0.1, 0.15) is 22.8 Å². The maximum atomic E-state index is 13.5. The van der Waals surface area contributed by atoms with Gasteiger partial charge in [0.25, 0.3) is 0 Å². The number of halogens is 1. The Labute approximate surface area is 180 Å². The van der Waals surface area contributed by atoms with E-state index in [1.165, 1.54) is 35.1 Å². The molecule has 158 valence electrons. The van der Waals surface area contributed by atoms with Crippen molar-refractivity contribution in [2.75, 3.05) is 38.2 Å². The molecule has 30 heavy (non-hydrogen) atoms. The van der Waals surface area contributed by atoms with Gasteiger partial charge in [-0.1, -0.05) is 18.6 Å². The third-order valence-electron chi connectivity index (χ3n) is 6.21. The molecule has 0 unspecified atom stereocenters. The Morgan fingerprint density at radius 2 is 1.87 bits per heavy atom. The summed E-state index contributed by atoms with van der Waals surface area (Å²) in [6.07, 6.45) is 7.73. The van der Waals surface area contributed by atoms with E-state index in [2.05, 4.69) is 20.2 Å². The van der Waals surface area contributed by atoms with Gasteiger partial charge >= 0.3 is 0 Å². The van der Waals surface area contributed by atoms with Gasteiger partial charge in [0.05, 0.1) is 24.6 Å². The first kappa shape index (κ1) is 19.8. The maximum Gasteiger partial charge on any atom is 0.138 e. The second-order valence-corrected chi connectivity index (χ2v) is 9.15. The van der Waals surface area contributed by atoms with Gasteiger partial charge in [0.15, 0.2) is 0 Å². The molecule has 0 bridgehead atoms. The number of hydrogen-bond acceptors (Lipinski definition) is 6. The van der Waals surface area contributed by atoms with Gasteiger partial charge < -0.3 is 10.1 Å². The number of morpholine rings is 1. The SMILES string of the molecule is Fc1ccc([C@@H](CNc2ncnc3sc4c(c23)CCCCC4)N2CCOCC2)cc1. The van der Waals surface area contributed by atoms with Crippen molar-refractivity contribution in [1.82, 2.24) is 14.9 Å². The molecule has 1 fully saturated rings. The van der Waals surface area contributed by atoms with Gasteiger partial charge in [0.2, 0.25) is 0 Å². The van der Waals surface area contributed by atoms with Crippen LogP contribution in [0.2, 0.25) is 0 Å². The fourth-order valence-corrected chi connectivity index (χ4v) is 5.86. The van der Waals surface area contributed by atoms with Crippen LogP contribution in [0.25, 0.3) is 10.2 Å². The van der Waals surface area contributed by atoms with Crippen LogP contribution in [0.4, 0.5) is 10.2 Å². The number of rotatable bonds is 5. The van der Waals surface area contributed by atoms with Crippen LogP contribution in [0.15, 0.2) is 30.6 Å². The van der Waals surface area contributed by atoms with Gasteiger partial charge in [-0.3, -0.25) is 4.90 Å². The van der Waals surface area contributed by atoms with Crippen molar-refractivity contribution >= 4 is 27.4 Å². The van der Waals surface area contributed by atoms with E-state index in [1.807, 2.05) is 23.5 Å². The molecule has 0 radical (unpaired) electrons. The predicted octanol–water partition coefficient (Wildman–Crippen LogP) is 4.58. The third-order valence-corrected chi connectivity index (χ3v) is 7.41. The molecule has 7 heteroatoms. The molecule has 2 aliphatic rings. The lowest BCUT2D eigenvalue weighted by Crippen LogP contribution is -2.41. The molecular weight excluding hydrogens is 399 g/mol. The largest absolute Gasteiger partial charge is 0.379 e. The number of nitrogens with one attached hydrogen (secondary N) is 1. The summed E-state index contributed by atoms with van der Waals surface area (Å²) in [5, 5.41) is 4.84. The highest BCUT2D eigenvalue weighted by Crippen LogP contribution is 2.37. The summed E-state index contributed by atoms with van der Waals surface area (Å²) in [4.78, 5) is 14.2. The van der Waals surface area contributed by atoms with E-state index in [4.69, 9.17) is 4.74 Å². The molecule has 1 N–H and O–H groups in total. The lowest BCUT2D eigenvalue weighted by molar-refractivity contribution is 0.0187. The van der Waals surface area contributed by atoms with Gasteiger partial charge in [-0.25, -0.2) is 14.4 Å². The summed E-state index contributed by atoms with van der Waals surface area (Å²) in [6, 6.07) is 7.01. The first-order valence-electron chi connectivity index (χ1n) is 10.9. The van der Waals surface area contributed by atoms with Gasteiger partial charge in [-0.15, -0.1) is 11.3 Å². The fourth-order valence-electron chi connectivity index (χ4n) is 4.63. The molecular formula is C23H27FN4OS. The Hall–Kier alpha value is -2.09. The van der Waals surface area contributed by atoms with E-state index in [0.29, 0.717) is 6.54 Å². The summed E-state index contributed by atoms with van der Waals surface area (Å²) in [6.45, 7) is 3.91. The number of benzene rings is 1. The summed E-state index contributed by atoms with van der Waals surface area (Å²) >= 11 is 1.83. The van der Waals surface area contributed by atoms with E-state index in [9.17, 15) is 4.39 Å². The molecule has 3 aromatic rings. The zero-order valence-corrected chi connectivity index (χ0v) is 17.9. The molecule has 1 atom stereocenters. The highest BCUT2D eigenvalue weighted by molar-refractivity contribution is 7.18. The first-order valence-corrected chi connectivity index (χ1v) is 11.7. The van der Waals surface area contributed by atoms with Crippen molar-refractivity contribution in [2.24, 2.45) is 0 Å². The topological polar surface area (TPSA) is 50.3 Å². The van der Waals surface area contributed by atoms with E-state index in [0.717, 1.165) is 55.4 Å². The Morgan fingerprint density at radius 1 is 1.07 bits per heavy atom. The minimum absolute atomic E-state index is 0.136. The number of anilines is 1. The quantitative estimate of drug-likeness (QED) is 0.605. The summed E-state index contributed by atoms with van der Waals surface area (Å²) in [5.41, 5.74) is 2.56. The standard InChI is InChI=1S/C23H27FN4OS/c24-17-8-6-16(7-9-17)19(28-10-12-29-13-11-28)14-25-22-21-18-4-2-1-3-5-20(18)30-23(21)27-15-26-22/h6-9,15,19H,1-5,10-14H2,(H,25,26,27)/t19-/m1/s1. The van der Waals surface area contributed by atoms with Crippen LogP contribution in [-0.4, -0.2) is 47.7 Å². The van der Waals surface area contributed by atoms with Crippen molar-refractivity contribution in [3.63, 3.8) is 0 Å². The first-order chi connectivity index (χ1) is 14.8. The summed E-state index contributed by atoms with van der Waals surface area (Å²) in [7, 11) is 0. The minimum Gasteiger partial charge on any atom is -0.379 e. The van der Waals surface area contributed by atoms with Crippen molar-refractivity contribution < 1.29 is 9.13 Å². The second kappa shape index (κ2) is 8.96. The van der Waals surface area contributed by atoms with Gasteiger partial charge in [-0.05, 0) is 48.9 Å². The minimum atomic E-state index is -0.203. The average Bonchev–Trinajstić information content (AvgIpc) is 2.98. The smallest absolute Gasteiger partial charge is 0.138 e. The molecule has 5 nitrogen and oxygen atoms in total. The Kier molecular flexibility index (Phi) is 5.93. The number of fused-ring (bicyclic) bond motifs is 3. The molecule has 0 amide bonds. The summed E-state index contributed by atoms with van der Waals surface area (Å²) in [5.74, 6) is 0.727. The monoisotopic (exact) mass is 426 g/mol. The van der Waals surface area contributed by atoms with E-state index in [1.54, 1.807) is 18.5 Å². The van der Waals surface area contributed by atoms with E-state index >= 15 is 0 Å². The predicted molar refractivity (Wildman–Crippen MR) is 119 cm³/mol. The lowest BCUT2D eigenvalue weighted by Gasteiger charge is -2.35. The normalized spacial score (nSPS) is 18.7. The number of thiophene rings is 1. The molecule has 1 saturated heterocycles. The molecule has 1 aromatic carbocycles. The molecule has 1 aliphatic carbocycles. The van der Waals surface area contributed by atoms with Crippen LogP contribution in [-0.2, 0) is 17.6 Å². The van der Waals surface area contributed by atoms with Crippen molar-refractivity contribution in [3.8, 4) is 0 Å². The number of hydrogen-bond donors (Lipinski definition) is 1. The molecule has 2 aromatic heterocycles. The fraction of sp³-hybridized carbons (Fsp3) is 0.478. The van der Waals surface area contributed by atoms with Crippen LogP contribution in [0.5, 0.6) is 0 Å². The summed E-state index contributed by atoms with van der Waals surface area (Å²) < 4.78 is 19.1. The molecule has 0 spiro atoms. The van der Waals surface area contributed by atoms with Crippen molar-refractivity contribution in [3.05, 3.63) is 52.4 Å². The van der Waals surface area contributed by atoms with E-state index < -0.39 is 0 Å². The number of ether oxygens (including phenoxy) is 1. The third kappa shape index (κ3) is 4.06. The highest BCUT2D eigenvalue weighted by atomic mass is 32.1. The molecule has 5 rings (SSSR count). The average molecular weight is 427 g/mol.